The third kappa shape index (κ3) is 5.34. The summed E-state index contributed by atoms with van der Waals surface area (Å²) in [4.78, 5) is 53.2. The average Bonchev–Trinajstić information content (AvgIpc) is 3.26. The van der Waals surface area contributed by atoms with E-state index in [1.165, 1.54) is 17.0 Å². The largest absolute Gasteiger partial charge is 0.505 e. The number of hydrogen-bond donors (Lipinski definition) is 3. The highest BCUT2D eigenvalue weighted by molar-refractivity contribution is 5.99. The molecule has 0 aliphatic carbocycles. The van der Waals surface area contributed by atoms with Gasteiger partial charge in [0.1, 0.15) is 28.5 Å². The van der Waals surface area contributed by atoms with Gasteiger partial charge in [0.05, 0.1) is 17.3 Å². The normalized spacial score (nSPS) is 15.4. The number of anilines is 3. The van der Waals surface area contributed by atoms with Gasteiger partial charge in [-0.05, 0) is 52.0 Å². The fraction of sp³-hybridized carbons (Fsp3) is 0.429. The zero-order valence-corrected chi connectivity index (χ0v) is 23.2. The molecule has 2 amide bonds. The topological polar surface area (TPSA) is 141 Å². The summed E-state index contributed by atoms with van der Waals surface area (Å²) in [6.45, 7) is 9.79. The lowest BCUT2D eigenvalue weighted by Crippen LogP contribution is -2.61. The first-order chi connectivity index (χ1) is 18.1. The number of ether oxygens (including phenoxy) is 1. The Morgan fingerprint density at radius 2 is 1.74 bits per heavy atom. The van der Waals surface area contributed by atoms with Crippen LogP contribution in [-0.2, 0) is 4.74 Å². The number of aromatic hydroxyl groups is 1. The van der Waals surface area contributed by atoms with E-state index in [4.69, 9.17) is 9.15 Å². The van der Waals surface area contributed by atoms with Crippen molar-refractivity contribution >= 4 is 29.1 Å². The number of nitrogens with zero attached hydrogens (tertiary/aromatic N) is 2. The molecular weight excluding hydrogens is 504 g/mol. The van der Waals surface area contributed by atoms with E-state index in [1.54, 1.807) is 64.9 Å². The zero-order valence-electron chi connectivity index (χ0n) is 23.2. The second kappa shape index (κ2) is 9.79. The first kappa shape index (κ1) is 27.7. The number of para-hydroxylation sites is 1. The van der Waals surface area contributed by atoms with Gasteiger partial charge in [0.15, 0.2) is 5.75 Å². The molecule has 208 valence electrons. The van der Waals surface area contributed by atoms with Gasteiger partial charge >= 0.3 is 6.09 Å². The first-order valence-corrected chi connectivity index (χ1v) is 12.6. The molecule has 0 saturated carbocycles. The molecule has 1 aliphatic heterocycles. The molecule has 4 rings (SSSR count). The zero-order chi connectivity index (χ0) is 28.9. The molecule has 2 heterocycles. The van der Waals surface area contributed by atoms with Crippen molar-refractivity contribution in [1.82, 2.24) is 9.80 Å². The summed E-state index contributed by atoms with van der Waals surface area (Å²) >= 11 is 0. The quantitative estimate of drug-likeness (QED) is 0.303. The Labute approximate surface area is 226 Å². The number of phenols is 1. The van der Waals surface area contributed by atoms with E-state index in [2.05, 4.69) is 10.6 Å². The van der Waals surface area contributed by atoms with Crippen molar-refractivity contribution in [1.29, 1.82) is 0 Å². The van der Waals surface area contributed by atoms with Crippen molar-refractivity contribution in [3.8, 4) is 5.75 Å². The number of furan rings is 1. The Morgan fingerprint density at radius 1 is 1.10 bits per heavy atom. The van der Waals surface area contributed by atoms with Crippen LogP contribution in [-0.4, -0.2) is 59.7 Å². The van der Waals surface area contributed by atoms with Gasteiger partial charge in [-0.1, -0.05) is 13.0 Å². The molecule has 0 bridgehead atoms. The molecule has 0 radical (unpaired) electrons. The number of nitrogens with one attached hydrogen (secondary N) is 2. The molecule has 1 aliphatic rings. The van der Waals surface area contributed by atoms with Crippen molar-refractivity contribution in [2.75, 3.05) is 37.8 Å². The standard InChI is InChI=1S/C28H34N4O7/c1-15-11-12-18(38-15)24(28(5)13-32(14-28)26(37)39-27(2,3)4)30-20-19(22(34)23(20)35)29-17-10-8-9-16(21(17)33)25(36)31(6)7/h8-12,24,29-30,33H,13-14H2,1-7H3. The fourth-order valence-corrected chi connectivity index (χ4v) is 4.65. The SMILES string of the molecule is Cc1ccc(C(Nc2c(Nc3cccc(C(=O)N(C)C)c3O)c(=O)c2=O)C2(C)CN(C(=O)OC(C)(C)C)C2)o1. The van der Waals surface area contributed by atoms with Crippen molar-refractivity contribution in [3.05, 3.63) is 67.9 Å². The van der Waals surface area contributed by atoms with Gasteiger partial charge in [-0.25, -0.2) is 4.79 Å². The lowest BCUT2D eigenvalue weighted by Gasteiger charge is -2.51. The van der Waals surface area contributed by atoms with Crippen LogP contribution in [0.3, 0.4) is 0 Å². The van der Waals surface area contributed by atoms with Crippen molar-refractivity contribution in [2.24, 2.45) is 5.41 Å². The van der Waals surface area contributed by atoms with Gasteiger partial charge in [-0.15, -0.1) is 0 Å². The maximum atomic E-state index is 12.7. The lowest BCUT2D eigenvalue weighted by atomic mass is 9.74. The van der Waals surface area contributed by atoms with Gasteiger partial charge in [-0.3, -0.25) is 14.4 Å². The Bertz CT molecular complexity index is 1480. The van der Waals surface area contributed by atoms with Crippen LogP contribution < -0.4 is 21.5 Å². The second-order valence-electron chi connectivity index (χ2n) is 11.5. The number of aryl methyl sites for hydroxylation is 1. The minimum atomic E-state index is -0.759. The number of phenolic OH excluding ortho intramolecular Hbond substituents is 1. The van der Waals surface area contributed by atoms with E-state index in [1.807, 2.05) is 6.92 Å². The van der Waals surface area contributed by atoms with Crippen molar-refractivity contribution < 1.29 is 23.8 Å². The molecule has 0 spiro atoms. The van der Waals surface area contributed by atoms with Gasteiger partial charge in [0.2, 0.25) is 0 Å². The van der Waals surface area contributed by atoms with E-state index in [0.717, 1.165) is 0 Å². The Morgan fingerprint density at radius 3 is 2.31 bits per heavy atom. The summed E-state index contributed by atoms with van der Waals surface area (Å²) < 4.78 is 11.4. The van der Waals surface area contributed by atoms with E-state index in [-0.39, 0.29) is 28.4 Å². The number of hydrogen-bond acceptors (Lipinski definition) is 9. The van der Waals surface area contributed by atoms with Gasteiger partial charge < -0.3 is 34.7 Å². The van der Waals surface area contributed by atoms with Crippen LogP contribution in [0.25, 0.3) is 0 Å². The van der Waals surface area contributed by atoms with Crippen LogP contribution in [0.5, 0.6) is 5.75 Å². The highest BCUT2D eigenvalue weighted by Crippen LogP contribution is 2.45. The molecule has 1 fully saturated rings. The highest BCUT2D eigenvalue weighted by Gasteiger charge is 2.50. The van der Waals surface area contributed by atoms with E-state index in [0.29, 0.717) is 24.6 Å². The Kier molecular flexibility index (Phi) is 6.97. The first-order valence-electron chi connectivity index (χ1n) is 12.6. The number of carbonyl (C=O) groups excluding carboxylic acids is 2. The summed E-state index contributed by atoms with van der Waals surface area (Å²) in [5, 5.41) is 16.7. The molecule has 11 nitrogen and oxygen atoms in total. The number of carbonyl (C=O) groups is 2. The summed E-state index contributed by atoms with van der Waals surface area (Å²) in [7, 11) is 3.12. The maximum Gasteiger partial charge on any atom is 0.410 e. The minimum Gasteiger partial charge on any atom is -0.505 e. The highest BCUT2D eigenvalue weighted by atomic mass is 16.6. The molecule has 39 heavy (non-hydrogen) atoms. The minimum absolute atomic E-state index is 0.0275. The molecule has 1 saturated heterocycles. The average molecular weight is 539 g/mol. The Hall–Kier alpha value is -4.28. The molecule has 3 aromatic rings. The number of amides is 2. The molecular formula is C28H34N4O7. The van der Waals surface area contributed by atoms with Crippen LogP contribution in [0.1, 0.15) is 55.6 Å². The molecule has 1 atom stereocenters. The predicted octanol–water partition coefficient (Wildman–Crippen LogP) is 3.75. The smallest absolute Gasteiger partial charge is 0.410 e. The Balaban J connectivity index is 1.62. The number of benzene rings is 1. The van der Waals surface area contributed by atoms with Crippen LogP contribution in [0.15, 0.2) is 44.3 Å². The third-order valence-electron chi connectivity index (χ3n) is 6.63. The van der Waals surface area contributed by atoms with Crippen LogP contribution in [0.4, 0.5) is 21.9 Å². The summed E-state index contributed by atoms with van der Waals surface area (Å²) in [5.41, 5.74) is -2.53. The fourth-order valence-electron chi connectivity index (χ4n) is 4.65. The van der Waals surface area contributed by atoms with E-state index < -0.39 is 39.9 Å². The lowest BCUT2D eigenvalue weighted by molar-refractivity contribution is -0.0368. The van der Waals surface area contributed by atoms with Crippen molar-refractivity contribution in [3.63, 3.8) is 0 Å². The molecule has 3 N–H and O–H groups in total. The van der Waals surface area contributed by atoms with Gasteiger partial charge in [0.25, 0.3) is 16.8 Å². The van der Waals surface area contributed by atoms with Gasteiger partial charge in [-0.2, -0.15) is 0 Å². The maximum absolute atomic E-state index is 12.7. The summed E-state index contributed by atoms with van der Waals surface area (Å²) in [6, 6.07) is 7.55. The predicted molar refractivity (Wildman–Crippen MR) is 146 cm³/mol. The molecule has 11 heteroatoms. The van der Waals surface area contributed by atoms with Crippen LogP contribution >= 0.6 is 0 Å². The van der Waals surface area contributed by atoms with Crippen molar-refractivity contribution in [2.45, 2.75) is 46.3 Å². The number of rotatable bonds is 7. The molecule has 1 unspecified atom stereocenters. The van der Waals surface area contributed by atoms with Gasteiger partial charge in [0, 0.05) is 32.6 Å². The third-order valence-corrected chi connectivity index (χ3v) is 6.63. The van der Waals surface area contributed by atoms with E-state index in [9.17, 15) is 24.3 Å². The van der Waals surface area contributed by atoms with Crippen LogP contribution in [0, 0.1) is 12.3 Å². The number of likely N-dealkylation sites (tertiary alicyclic amines) is 1. The van der Waals surface area contributed by atoms with E-state index >= 15 is 0 Å². The summed E-state index contributed by atoms with van der Waals surface area (Å²) in [5.74, 6) is 0.450. The monoisotopic (exact) mass is 538 g/mol. The van der Waals surface area contributed by atoms with Crippen LogP contribution in [0.2, 0.25) is 0 Å². The second-order valence-corrected chi connectivity index (χ2v) is 11.5. The molecule has 2 aromatic carbocycles. The molecule has 1 aromatic heterocycles. The summed E-state index contributed by atoms with van der Waals surface area (Å²) in [6.07, 6.45) is -0.437.